The monoisotopic (exact) mass is 644 g/mol. The summed E-state index contributed by atoms with van der Waals surface area (Å²) in [6.45, 7) is 2.73. The van der Waals surface area contributed by atoms with Crippen LogP contribution in [0.5, 0.6) is 5.75 Å². The summed E-state index contributed by atoms with van der Waals surface area (Å²) in [6.07, 6.45) is 5.63. The van der Waals surface area contributed by atoms with E-state index in [4.69, 9.17) is 36.9 Å². The Morgan fingerprint density at radius 1 is 1.10 bits per heavy atom. The van der Waals surface area contributed by atoms with Crippen LogP contribution in [0.15, 0.2) is 58.3 Å². The predicted molar refractivity (Wildman–Crippen MR) is 157 cm³/mol. The van der Waals surface area contributed by atoms with Crippen LogP contribution < -0.4 is 13.8 Å². The first-order valence-corrected chi connectivity index (χ1v) is 17.0. The van der Waals surface area contributed by atoms with Gasteiger partial charge in [-0.25, -0.2) is 4.48 Å². The third-order valence-electron chi connectivity index (χ3n) is 7.51. The van der Waals surface area contributed by atoms with Crippen LogP contribution in [0.4, 0.5) is 5.69 Å². The molecule has 1 aromatic heterocycles. The van der Waals surface area contributed by atoms with Crippen molar-refractivity contribution in [1.82, 2.24) is 4.48 Å². The molecule has 3 heterocycles. The highest BCUT2D eigenvalue weighted by molar-refractivity contribution is 7.86. The fraction of sp³-hybridized carbons (Fsp3) is 0.370. The number of allylic oxidation sites excluding steroid dienone is 2. The van der Waals surface area contributed by atoms with E-state index in [0.717, 1.165) is 5.57 Å². The molecule has 1 fully saturated rings. The first kappa shape index (κ1) is 30.0. The van der Waals surface area contributed by atoms with Crippen LogP contribution in [0, 0.1) is 0 Å². The van der Waals surface area contributed by atoms with Gasteiger partial charge in [-0.15, -0.1) is 0 Å². The van der Waals surface area contributed by atoms with E-state index in [1.807, 2.05) is 17.6 Å². The third kappa shape index (κ3) is 6.05. The van der Waals surface area contributed by atoms with Gasteiger partial charge in [-0.05, 0) is 42.7 Å². The molecule has 1 spiro atoms. The molecule has 2 aliphatic heterocycles. The minimum Gasteiger partial charge on any atom is -0.406 e. The Balaban J connectivity index is 1.59. The number of halogens is 2. The van der Waals surface area contributed by atoms with E-state index < -0.39 is 25.6 Å². The number of quaternary nitrogens is 1. The largest absolute Gasteiger partial charge is 0.406 e. The van der Waals surface area contributed by atoms with E-state index in [1.54, 1.807) is 42.5 Å². The zero-order chi connectivity index (χ0) is 29.6. The second-order valence-electron chi connectivity index (χ2n) is 10.2. The van der Waals surface area contributed by atoms with E-state index in [9.17, 15) is 21.4 Å². The summed E-state index contributed by atoms with van der Waals surface area (Å²) in [5, 5.41) is -0.215. The maximum atomic E-state index is 12.6. The Bertz CT molecular complexity index is 1780. The van der Waals surface area contributed by atoms with Crippen molar-refractivity contribution in [2.24, 2.45) is 0 Å². The van der Waals surface area contributed by atoms with Gasteiger partial charge in [-0.2, -0.15) is 21.4 Å². The van der Waals surface area contributed by atoms with Crippen LogP contribution in [-0.2, 0) is 26.8 Å². The molecule has 2 unspecified atom stereocenters. The summed E-state index contributed by atoms with van der Waals surface area (Å²) in [5.74, 6) is 0.951. The van der Waals surface area contributed by atoms with Gasteiger partial charge in [0.1, 0.15) is 0 Å². The Morgan fingerprint density at radius 2 is 1.83 bits per heavy atom. The molecule has 10 nitrogen and oxygen atoms in total. The highest BCUT2D eigenvalue weighted by atomic mass is 35.5. The number of rotatable bonds is 9. The van der Waals surface area contributed by atoms with E-state index >= 15 is 0 Å². The van der Waals surface area contributed by atoms with Crippen molar-refractivity contribution in [2.45, 2.75) is 50.9 Å². The minimum atomic E-state index is -4.44. The average Bonchev–Trinajstić information content (AvgIpc) is 3.56. The second kappa shape index (κ2) is 11.3. The molecule has 2 N–H and O–H groups in total. The molecule has 0 bridgehead atoms. The average molecular weight is 646 g/mol. The maximum absolute atomic E-state index is 12.6. The SMILES string of the molecule is CCC(=Cc1oc2ccc(Cl)cc2[n+]1CCCCS(=O)(=O)O)C=C1Oc2ccc(Cl)cc2[N+]12CCCC2S(=O)(=O)O. The van der Waals surface area contributed by atoms with Crippen LogP contribution in [0.3, 0.4) is 0 Å². The molecule has 2 atom stereocenters. The molecule has 14 heteroatoms. The molecule has 0 amide bonds. The summed E-state index contributed by atoms with van der Waals surface area (Å²) in [6, 6.07) is 10.2. The summed E-state index contributed by atoms with van der Waals surface area (Å²) in [7, 11) is -8.51. The Morgan fingerprint density at radius 3 is 2.54 bits per heavy atom. The van der Waals surface area contributed by atoms with Gasteiger partial charge >= 0.3 is 21.9 Å². The van der Waals surface area contributed by atoms with E-state index in [2.05, 4.69) is 0 Å². The molecule has 0 radical (unpaired) electrons. The summed E-state index contributed by atoms with van der Waals surface area (Å²) >= 11 is 12.6. The van der Waals surface area contributed by atoms with E-state index in [-0.39, 0.29) is 23.1 Å². The van der Waals surface area contributed by atoms with Crippen LogP contribution in [0.1, 0.15) is 44.9 Å². The zero-order valence-electron chi connectivity index (χ0n) is 22.2. The van der Waals surface area contributed by atoms with Crippen molar-refractivity contribution < 1.29 is 39.7 Å². The highest BCUT2D eigenvalue weighted by Crippen LogP contribution is 2.52. The molecular formula is C27H30Cl2N2O8S2+2. The number of aryl methyl sites for hydroxylation is 1. The molecule has 2 aromatic carbocycles. The number of aromatic nitrogens is 1. The van der Waals surface area contributed by atoms with Crippen LogP contribution in [0.2, 0.25) is 10.0 Å². The van der Waals surface area contributed by atoms with E-state index in [0.29, 0.717) is 76.7 Å². The number of ether oxygens (including phenoxy) is 1. The molecule has 2 aliphatic rings. The number of nitrogens with zero attached hydrogens (tertiary/aromatic N) is 2. The fourth-order valence-corrected chi connectivity index (χ4v) is 7.80. The van der Waals surface area contributed by atoms with Gasteiger partial charge < -0.3 is 9.15 Å². The van der Waals surface area contributed by atoms with Crippen molar-refractivity contribution in [3.63, 3.8) is 0 Å². The van der Waals surface area contributed by atoms with Crippen molar-refractivity contribution in [2.75, 3.05) is 12.3 Å². The van der Waals surface area contributed by atoms with Crippen LogP contribution in [-0.4, -0.2) is 43.6 Å². The smallest absolute Gasteiger partial charge is 0.374 e. The number of benzene rings is 2. The maximum Gasteiger partial charge on any atom is 0.374 e. The normalized spacial score (nSPS) is 22.1. The fourth-order valence-electron chi connectivity index (χ4n) is 5.66. The second-order valence-corrected chi connectivity index (χ2v) is 14.2. The van der Waals surface area contributed by atoms with Crippen molar-refractivity contribution in [1.29, 1.82) is 0 Å². The lowest BCUT2D eigenvalue weighted by atomic mass is 10.1. The van der Waals surface area contributed by atoms with Gasteiger partial charge in [0.15, 0.2) is 18.0 Å². The zero-order valence-corrected chi connectivity index (χ0v) is 25.3. The quantitative estimate of drug-likeness (QED) is 0.130. The predicted octanol–water partition coefficient (Wildman–Crippen LogP) is 5.74. The van der Waals surface area contributed by atoms with Crippen LogP contribution in [0.25, 0.3) is 17.2 Å². The molecular weight excluding hydrogens is 615 g/mol. The van der Waals surface area contributed by atoms with E-state index in [1.165, 1.54) is 0 Å². The van der Waals surface area contributed by atoms with Crippen molar-refractivity contribution in [3.8, 4) is 5.75 Å². The first-order valence-electron chi connectivity index (χ1n) is 13.1. The summed E-state index contributed by atoms with van der Waals surface area (Å²) in [4.78, 5) is 0. The number of hydrogen-bond donors (Lipinski definition) is 2. The standard InChI is InChI=1S/C27H28Cl2N2O8S2/c1-2-18(14-25-30(11-3-4-13-40(32,33)34)21-16-19(28)7-9-23(21)38-25)15-26-31(12-5-6-27(31)41(35,36)37)22-17-20(29)8-10-24(22)39-26/h7-10,14-17,27H,2-6,11-13H2,1H3/p+2. The molecule has 1 saturated heterocycles. The van der Waals surface area contributed by atoms with Gasteiger partial charge in [0.2, 0.25) is 11.0 Å². The summed E-state index contributed by atoms with van der Waals surface area (Å²) < 4.78 is 80.9. The summed E-state index contributed by atoms with van der Waals surface area (Å²) in [5.41, 5.74) is 2.63. The lowest BCUT2D eigenvalue weighted by Crippen LogP contribution is -2.54. The third-order valence-corrected chi connectivity index (χ3v) is 10.1. The molecule has 3 aromatic rings. The molecule has 0 aliphatic carbocycles. The number of unbranched alkanes of at least 4 members (excludes halogenated alkanes) is 1. The van der Waals surface area contributed by atoms with Gasteiger partial charge in [0.05, 0.1) is 18.4 Å². The van der Waals surface area contributed by atoms with Gasteiger partial charge in [0.25, 0.3) is 15.6 Å². The number of oxazole rings is 1. The molecule has 5 rings (SSSR count). The topological polar surface area (TPSA) is 135 Å². The Kier molecular flexibility index (Phi) is 8.29. The van der Waals surface area contributed by atoms with Gasteiger partial charge in [0, 0.05) is 47.5 Å². The molecule has 220 valence electrons. The first-order chi connectivity index (χ1) is 19.3. The lowest BCUT2D eigenvalue weighted by Gasteiger charge is -2.32. The Hall–Kier alpha value is -2.45. The van der Waals surface area contributed by atoms with Crippen LogP contribution >= 0.6 is 23.2 Å². The van der Waals surface area contributed by atoms with Crippen molar-refractivity contribution in [3.05, 3.63) is 69.9 Å². The molecule has 0 saturated carbocycles. The minimum absolute atomic E-state index is 0.197. The number of hydrogen-bond acceptors (Lipinski definition) is 6. The van der Waals surface area contributed by atoms with Gasteiger partial charge in [-0.3, -0.25) is 9.11 Å². The lowest BCUT2D eigenvalue weighted by molar-refractivity contribution is -0.678. The molecule has 41 heavy (non-hydrogen) atoms. The number of fused-ring (bicyclic) bond motifs is 3. The highest BCUT2D eigenvalue weighted by Gasteiger charge is 2.59. The van der Waals surface area contributed by atoms with Gasteiger partial charge in [-0.1, -0.05) is 30.1 Å². The Labute approximate surface area is 248 Å². The van der Waals surface area contributed by atoms with Crippen molar-refractivity contribution >= 4 is 66.3 Å².